The summed E-state index contributed by atoms with van der Waals surface area (Å²) in [6.07, 6.45) is 6.25. The zero-order valence-corrected chi connectivity index (χ0v) is 14.4. The minimum absolute atomic E-state index is 0.0574. The summed E-state index contributed by atoms with van der Waals surface area (Å²) >= 11 is 1.54. The zero-order valence-electron chi connectivity index (χ0n) is 13.6. The average Bonchev–Trinajstić information content (AvgIpc) is 3.03. The molecule has 1 saturated carbocycles. The van der Waals surface area contributed by atoms with Gasteiger partial charge in [-0.15, -0.1) is 0 Å². The normalized spacial score (nSPS) is 14.7. The third kappa shape index (κ3) is 6.41. The van der Waals surface area contributed by atoms with E-state index in [0.29, 0.717) is 23.2 Å². The molecular weight excluding hydrogens is 328 g/mol. The lowest BCUT2D eigenvalue weighted by molar-refractivity contribution is -0.113. The van der Waals surface area contributed by atoms with Crippen LogP contribution in [0.15, 0.2) is 18.2 Å². The molecule has 0 aliphatic heterocycles. The highest BCUT2D eigenvalue weighted by Gasteiger charge is 2.14. The van der Waals surface area contributed by atoms with Crippen LogP contribution < -0.4 is 11.1 Å². The number of thioether (sulfide) groups is 1. The van der Waals surface area contributed by atoms with E-state index in [1.807, 2.05) is 0 Å². The summed E-state index contributed by atoms with van der Waals surface area (Å²) in [7, 11) is 0. The summed E-state index contributed by atoms with van der Waals surface area (Å²) in [4.78, 5) is 22.9. The monoisotopic (exact) mass is 352 g/mol. The zero-order chi connectivity index (χ0) is 17.4. The quantitative estimate of drug-likeness (QED) is 0.466. The Morgan fingerprint density at radius 1 is 1.29 bits per heavy atom. The number of rotatable bonds is 9. The van der Waals surface area contributed by atoms with Gasteiger partial charge in [-0.05, 0) is 43.2 Å². The number of carboxylic acids is 1. The number of hydrogen-bond donors (Lipinski definition) is 3. The number of carboxylic acid groups (broad SMARTS) is 1. The van der Waals surface area contributed by atoms with E-state index in [2.05, 4.69) is 5.32 Å². The molecule has 7 heteroatoms. The van der Waals surface area contributed by atoms with Gasteiger partial charge in [0.05, 0.1) is 17.4 Å². The van der Waals surface area contributed by atoms with Crippen molar-refractivity contribution >= 4 is 35.0 Å². The smallest absolute Gasteiger partial charge is 0.335 e. The van der Waals surface area contributed by atoms with Gasteiger partial charge in [-0.2, -0.15) is 11.8 Å². The molecule has 0 aromatic heterocycles. The van der Waals surface area contributed by atoms with Crippen molar-refractivity contribution in [3.8, 4) is 0 Å². The van der Waals surface area contributed by atoms with E-state index in [1.54, 1.807) is 6.07 Å². The predicted molar refractivity (Wildman–Crippen MR) is 96.6 cm³/mol. The maximum absolute atomic E-state index is 11.9. The van der Waals surface area contributed by atoms with Crippen LogP contribution in [0.5, 0.6) is 0 Å². The van der Waals surface area contributed by atoms with E-state index in [9.17, 15) is 9.59 Å². The van der Waals surface area contributed by atoms with Crippen LogP contribution in [-0.2, 0) is 9.53 Å². The van der Waals surface area contributed by atoms with Gasteiger partial charge in [0.15, 0.2) is 0 Å². The van der Waals surface area contributed by atoms with E-state index in [-0.39, 0.29) is 11.5 Å². The molecule has 4 N–H and O–H groups in total. The van der Waals surface area contributed by atoms with E-state index in [1.165, 1.54) is 49.6 Å². The Morgan fingerprint density at radius 2 is 2.04 bits per heavy atom. The highest BCUT2D eigenvalue weighted by atomic mass is 32.2. The minimum Gasteiger partial charge on any atom is -0.478 e. The van der Waals surface area contributed by atoms with Crippen molar-refractivity contribution in [3.63, 3.8) is 0 Å². The number of anilines is 2. The van der Waals surface area contributed by atoms with Crippen LogP contribution in [0.25, 0.3) is 0 Å². The number of ether oxygens (including phenoxy) is 1. The van der Waals surface area contributed by atoms with Gasteiger partial charge in [0.1, 0.15) is 0 Å². The Labute approximate surface area is 146 Å². The highest BCUT2D eigenvalue weighted by molar-refractivity contribution is 7.99. The van der Waals surface area contributed by atoms with E-state index in [0.717, 1.165) is 18.8 Å². The lowest BCUT2D eigenvalue weighted by atomic mass is 10.2. The van der Waals surface area contributed by atoms with Crippen LogP contribution in [0, 0.1) is 0 Å². The summed E-state index contributed by atoms with van der Waals surface area (Å²) in [5, 5.41) is 11.7. The second-order valence-corrected chi connectivity index (χ2v) is 6.99. The molecular formula is C17H24N2O4S. The van der Waals surface area contributed by atoms with Gasteiger partial charge in [-0.3, -0.25) is 4.79 Å². The Morgan fingerprint density at radius 3 is 2.75 bits per heavy atom. The van der Waals surface area contributed by atoms with Crippen molar-refractivity contribution in [2.24, 2.45) is 0 Å². The number of benzene rings is 1. The maximum atomic E-state index is 11.9. The van der Waals surface area contributed by atoms with Crippen molar-refractivity contribution in [1.82, 2.24) is 0 Å². The molecule has 0 atom stereocenters. The number of hydrogen-bond acceptors (Lipinski definition) is 5. The first-order valence-corrected chi connectivity index (χ1v) is 9.33. The first-order chi connectivity index (χ1) is 11.5. The third-order valence-electron chi connectivity index (χ3n) is 3.81. The van der Waals surface area contributed by atoms with Gasteiger partial charge >= 0.3 is 5.97 Å². The van der Waals surface area contributed by atoms with Gasteiger partial charge in [0.25, 0.3) is 0 Å². The Kier molecular flexibility index (Phi) is 7.39. The Balaban J connectivity index is 1.63. The lowest BCUT2D eigenvalue weighted by Crippen LogP contribution is -2.15. The fraction of sp³-hybridized carbons (Fsp3) is 0.529. The average molecular weight is 352 g/mol. The number of carbonyl (C=O) groups is 2. The largest absolute Gasteiger partial charge is 0.478 e. The Bertz CT molecular complexity index is 574. The second kappa shape index (κ2) is 9.54. The number of aromatic carboxylic acids is 1. The predicted octanol–water partition coefficient (Wildman–Crippen LogP) is 2.99. The first-order valence-electron chi connectivity index (χ1n) is 8.17. The van der Waals surface area contributed by atoms with Crippen LogP contribution in [-0.4, -0.2) is 41.2 Å². The van der Waals surface area contributed by atoms with Crippen molar-refractivity contribution in [3.05, 3.63) is 23.8 Å². The maximum Gasteiger partial charge on any atom is 0.335 e. The number of nitrogens with one attached hydrogen (secondary N) is 1. The van der Waals surface area contributed by atoms with Crippen LogP contribution >= 0.6 is 11.8 Å². The van der Waals surface area contributed by atoms with Crippen LogP contribution in [0.2, 0.25) is 0 Å². The molecule has 1 aliphatic rings. The van der Waals surface area contributed by atoms with Crippen molar-refractivity contribution in [1.29, 1.82) is 0 Å². The summed E-state index contributed by atoms with van der Waals surface area (Å²) < 4.78 is 5.77. The van der Waals surface area contributed by atoms with Crippen molar-refractivity contribution in [2.45, 2.75) is 38.2 Å². The van der Waals surface area contributed by atoms with Gasteiger partial charge < -0.3 is 20.9 Å². The molecule has 0 bridgehead atoms. The molecule has 1 aliphatic carbocycles. The fourth-order valence-corrected chi connectivity index (χ4v) is 3.40. The van der Waals surface area contributed by atoms with E-state index >= 15 is 0 Å². The molecule has 2 rings (SSSR count). The molecule has 1 aromatic rings. The van der Waals surface area contributed by atoms with Gasteiger partial charge in [-0.25, -0.2) is 4.79 Å². The molecule has 24 heavy (non-hydrogen) atoms. The number of carbonyl (C=O) groups excluding carboxylic acids is 1. The van der Waals surface area contributed by atoms with Crippen LogP contribution in [0.3, 0.4) is 0 Å². The fourth-order valence-electron chi connectivity index (χ4n) is 2.68. The SMILES string of the molecule is Nc1cc(NC(=O)CSCCCOC2CCCC2)cc(C(=O)O)c1. The van der Waals surface area contributed by atoms with Crippen LogP contribution in [0.1, 0.15) is 42.5 Å². The second-order valence-electron chi connectivity index (χ2n) is 5.88. The summed E-state index contributed by atoms with van der Waals surface area (Å²) in [5.41, 5.74) is 6.42. The molecule has 0 radical (unpaired) electrons. The molecule has 1 fully saturated rings. The molecule has 0 unspecified atom stereocenters. The molecule has 6 nitrogen and oxygen atoms in total. The molecule has 0 spiro atoms. The summed E-state index contributed by atoms with van der Waals surface area (Å²) in [6, 6.07) is 4.30. The number of amides is 1. The molecule has 0 saturated heterocycles. The molecule has 1 amide bonds. The van der Waals surface area contributed by atoms with Crippen LogP contribution in [0.4, 0.5) is 11.4 Å². The number of nitrogens with two attached hydrogens (primary N) is 1. The number of nitrogen functional groups attached to an aromatic ring is 1. The molecule has 0 heterocycles. The van der Waals surface area contributed by atoms with Crippen molar-refractivity contribution in [2.75, 3.05) is 29.2 Å². The third-order valence-corrected chi connectivity index (χ3v) is 4.85. The van der Waals surface area contributed by atoms with Gasteiger partial charge in [-0.1, -0.05) is 12.8 Å². The minimum atomic E-state index is -1.07. The summed E-state index contributed by atoms with van der Waals surface area (Å²) in [5.74, 6) is -0.0639. The van der Waals surface area contributed by atoms with Gasteiger partial charge in [0.2, 0.25) is 5.91 Å². The lowest BCUT2D eigenvalue weighted by Gasteiger charge is -2.10. The standard InChI is InChI=1S/C17H24N2O4S/c18-13-8-12(17(21)22)9-14(10-13)19-16(20)11-24-7-3-6-23-15-4-1-2-5-15/h8-10,15H,1-7,11,18H2,(H,19,20)(H,21,22). The van der Waals surface area contributed by atoms with Gasteiger partial charge in [0, 0.05) is 18.0 Å². The molecule has 132 valence electrons. The summed E-state index contributed by atoms with van der Waals surface area (Å²) in [6.45, 7) is 0.747. The van der Waals surface area contributed by atoms with E-state index in [4.69, 9.17) is 15.6 Å². The van der Waals surface area contributed by atoms with Crippen molar-refractivity contribution < 1.29 is 19.4 Å². The highest BCUT2D eigenvalue weighted by Crippen LogP contribution is 2.21. The van der Waals surface area contributed by atoms with E-state index < -0.39 is 5.97 Å². The first kappa shape index (κ1) is 18.6. The Hall–Kier alpha value is -1.73. The topological polar surface area (TPSA) is 102 Å². The molecule has 1 aromatic carbocycles.